The lowest BCUT2D eigenvalue weighted by Gasteiger charge is -2.20. The zero-order chi connectivity index (χ0) is 19.4. The van der Waals surface area contributed by atoms with E-state index in [4.69, 9.17) is 4.98 Å². The number of para-hydroxylation sites is 1. The van der Waals surface area contributed by atoms with Crippen LogP contribution < -0.4 is 5.56 Å². The Morgan fingerprint density at radius 2 is 1.70 bits per heavy atom. The molecule has 0 aliphatic rings. The molecule has 2 aromatic carbocycles. The minimum atomic E-state index is -0.00830. The van der Waals surface area contributed by atoms with Crippen LogP contribution in [-0.2, 0) is 12.8 Å². The van der Waals surface area contributed by atoms with Crippen molar-refractivity contribution >= 4 is 0 Å². The van der Waals surface area contributed by atoms with Gasteiger partial charge in [-0.2, -0.15) is 0 Å². The van der Waals surface area contributed by atoms with Crippen LogP contribution >= 0.6 is 0 Å². The highest BCUT2D eigenvalue weighted by molar-refractivity contribution is 5.69. The molecule has 1 unspecified atom stereocenters. The standard InChI is InChI=1S/C23H26N2O2/c1-4-16(2)25-17(3)24-22(19-12-8-9-13-21(19)26)20(23(25)27)15-14-18-10-6-5-7-11-18/h5-13,16,26H,4,14-15H2,1-3H3. The fraction of sp³-hybridized carbons (Fsp3) is 0.304. The van der Waals surface area contributed by atoms with Crippen molar-refractivity contribution in [2.24, 2.45) is 0 Å². The Kier molecular flexibility index (Phi) is 5.75. The molecule has 1 aromatic heterocycles. The van der Waals surface area contributed by atoms with Crippen molar-refractivity contribution in [1.82, 2.24) is 9.55 Å². The Balaban J connectivity index is 2.14. The molecule has 0 saturated heterocycles. The van der Waals surface area contributed by atoms with Crippen LogP contribution in [0, 0.1) is 6.92 Å². The average molecular weight is 362 g/mol. The van der Waals surface area contributed by atoms with E-state index in [1.165, 1.54) is 5.56 Å². The molecule has 140 valence electrons. The number of benzene rings is 2. The van der Waals surface area contributed by atoms with E-state index in [0.717, 1.165) is 12.8 Å². The van der Waals surface area contributed by atoms with Crippen LogP contribution in [0.25, 0.3) is 11.3 Å². The van der Waals surface area contributed by atoms with E-state index < -0.39 is 0 Å². The molecule has 27 heavy (non-hydrogen) atoms. The zero-order valence-corrected chi connectivity index (χ0v) is 16.1. The summed E-state index contributed by atoms with van der Waals surface area (Å²) in [6.45, 7) is 5.96. The number of aromatic nitrogens is 2. The number of hydrogen-bond donors (Lipinski definition) is 1. The lowest BCUT2D eigenvalue weighted by atomic mass is 9.99. The lowest BCUT2D eigenvalue weighted by Crippen LogP contribution is -2.30. The van der Waals surface area contributed by atoms with Crippen LogP contribution in [0.5, 0.6) is 5.75 Å². The molecular formula is C23H26N2O2. The molecule has 1 atom stereocenters. The second-order valence-electron chi connectivity index (χ2n) is 6.92. The number of phenolic OH excluding ortho intramolecular Hbond substituents is 1. The van der Waals surface area contributed by atoms with Gasteiger partial charge < -0.3 is 5.11 Å². The minimum Gasteiger partial charge on any atom is -0.507 e. The van der Waals surface area contributed by atoms with E-state index in [0.29, 0.717) is 29.1 Å². The summed E-state index contributed by atoms with van der Waals surface area (Å²) in [5.41, 5.74) is 3.02. The SMILES string of the molecule is CCC(C)n1c(C)nc(-c2ccccc2O)c(CCc2ccccc2)c1=O. The van der Waals surface area contributed by atoms with Crippen molar-refractivity contribution in [3.05, 3.63) is 81.9 Å². The lowest BCUT2D eigenvalue weighted by molar-refractivity contribution is 0.475. The second kappa shape index (κ2) is 8.21. The van der Waals surface area contributed by atoms with E-state index >= 15 is 0 Å². The Morgan fingerprint density at radius 3 is 2.37 bits per heavy atom. The number of rotatable bonds is 6. The first kappa shape index (κ1) is 18.9. The van der Waals surface area contributed by atoms with E-state index in [-0.39, 0.29) is 17.4 Å². The first-order valence-electron chi connectivity index (χ1n) is 9.47. The van der Waals surface area contributed by atoms with Crippen LogP contribution in [0.15, 0.2) is 59.4 Å². The number of hydrogen-bond acceptors (Lipinski definition) is 3. The third-order valence-electron chi connectivity index (χ3n) is 5.08. The molecule has 0 amide bonds. The van der Waals surface area contributed by atoms with Gasteiger partial charge in [-0.15, -0.1) is 0 Å². The molecule has 0 radical (unpaired) electrons. The van der Waals surface area contributed by atoms with Crippen molar-refractivity contribution < 1.29 is 5.11 Å². The Hall–Kier alpha value is -2.88. The number of phenols is 1. The van der Waals surface area contributed by atoms with Crippen LogP contribution in [0.4, 0.5) is 0 Å². The number of aromatic hydroxyl groups is 1. The monoisotopic (exact) mass is 362 g/mol. The summed E-state index contributed by atoms with van der Waals surface area (Å²) in [6.07, 6.45) is 2.19. The van der Waals surface area contributed by atoms with Crippen molar-refractivity contribution in [2.45, 2.75) is 46.1 Å². The van der Waals surface area contributed by atoms with Gasteiger partial charge in [-0.1, -0.05) is 49.4 Å². The molecular weight excluding hydrogens is 336 g/mol. The normalized spacial score (nSPS) is 12.1. The molecule has 0 fully saturated rings. The maximum atomic E-state index is 13.4. The average Bonchev–Trinajstić information content (AvgIpc) is 2.68. The minimum absolute atomic E-state index is 0.00830. The number of nitrogens with zero attached hydrogens (tertiary/aromatic N) is 2. The summed E-state index contributed by atoms with van der Waals surface area (Å²) in [4.78, 5) is 18.1. The Labute approximate surface area is 160 Å². The van der Waals surface area contributed by atoms with Gasteiger partial charge in [0.25, 0.3) is 5.56 Å². The topological polar surface area (TPSA) is 55.1 Å². The molecule has 0 aliphatic carbocycles. The first-order valence-corrected chi connectivity index (χ1v) is 9.47. The van der Waals surface area contributed by atoms with Crippen molar-refractivity contribution in [1.29, 1.82) is 0 Å². The smallest absolute Gasteiger partial charge is 0.257 e. The summed E-state index contributed by atoms with van der Waals surface area (Å²) >= 11 is 0. The van der Waals surface area contributed by atoms with E-state index in [2.05, 4.69) is 19.1 Å². The molecule has 3 aromatic rings. The van der Waals surface area contributed by atoms with Crippen LogP contribution in [0.3, 0.4) is 0 Å². The fourth-order valence-corrected chi connectivity index (χ4v) is 3.41. The summed E-state index contributed by atoms with van der Waals surface area (Å²) in [5.74, 6) is 0.821. The molecule has 0 aliphatic heterocycles. The fourth-order valence-electron chi connectivity index (χ4n) is 3.41. The predicted octanol–water partition coefficient (Wildman–Crippen LogP) is 4.68. The maximum Gasteiger partial charge on any atom is 0.257 e. The van der Waals surface area contributed by atoms with E-state index in [1.54, 1.807) is 16.7 Å². The summed E-state index contributed by atoms with van der Waals surface area (Å²) in [7, 11) is 0. The Morgan fingerprint density at radius 1 is 1.04 bits per heavy atom. The molecule has 3 rings (SSSR count). The molecule has 1 heterocycles. The Bertz CT molecular complexity index is 977. The molecule has 0 saturated carbocycles. The van der Waals surface area contributed by atoms with E-state index in [1.807, 2.05) is 44.2 Å². The molecule has 0 spiro atoms. The largest absolute Gasteiger partial charge is 0.507 e. The van der Waals surface area contributed by atoms with Gasteiger partial charge in [-0.25, -0.2) is 4.98 Å². The highest BCUT2D eigenvalue weighted by atomic mass is 16.3. The van der Waals surface area contributed by atoms with Gasteiger partial charge >= 0.3 is 0 Å². The first-order chi connectivity index (χ1) is 13.0. The van der Waals surface area contributed by atoms with Crippen molar-refractivity contribution in [3.8, 4) is 17.0 Å². The van der Waals surface area contributed by atoms with Gasteiger partial charge in [-0.05, 0) is 50.8 Å². The summed E-state index contributed by atoms with van der Waals surface area (Å²) in [6, 6.07) is 17.3. The second-order valence-corrected chi connectivity index (χ2v) is 6.92. The number of aryl methyl sites for hydroxylation is 2. The molecule has 4 nitrogen and oxygen atoms in total. The van der Waals surface area contributed by atoms with Gasteiger partial charge in [0.05, 0.1) is 5.69 Å². The van der Waals surface area contributed by atoms with Gasteiger partial charge in [-0.3, -0.25) is 9.36 Å². The van der Waals surface area contributed by atoms with Crippen LogP contribution in [-0.4, -0.2) is 14.7 Å². The van der Waals surface area contributed by atoms with Gasteiger partial charge in [0.2, 0.25) is 0 Å². The molecule has 0 bridgehead atoms. The van der Waals surface area contributed by atoms with Gasteiger partial charge in [0, 0.05) is 17.2 Å². The highest BCUT2D eigenvalue weighted by Crippen LogP contribution is 2.30. The molecule has 4 heteroatoms. The molecule has 1 N–H and O–H groups in total. The van der Waals surface area contributed by atoms with Crippen molar-refractivity contribution in [2.75, 3.05) is 0 Å². The predicted molar refractivity (Wildman–Crippen MR) is 109 cm³/mol. The zero-order valence-electron chi connectivity index (χ0n) is 16.1. The van der Waals surface area contributed by atoms with Gasteiger partial charge in [0.1, 0.15) is 11.6 Å². The highest BCUT2D eigenvalue weighted by Gasteiger charge is 2.20. The maximum absolute atomic E-state index is 13.4. The third-order valence-corrected chi connectivity index (χ3v) is 5.08. The third kappa shape index (κ3) is 3.95. The quantitative estimate of drug-likeness (QED) is 0.693. The van der Waals surface area contributed by atoms with Crippen LogP contribution in [0.2, 0.25) is 0 Å². The van der Waals surface area contributed by atoms with Crippen LogP contribution in [0.1, 0.15) is 43.3 Å². The summed E-state index contributed by atoms with van der Waals surface area (Å²) in [5, 5.41) is 10.3. The van der Waals surface area contributed by atoms with Crippen molar-refractivity contribution in [3.63, 3.8) is 0 Å². The van der Waals surface area contributed by atoms with E-state index in [9.17, 15) is 9.90 Å². The summed E-state index contributed by atoms with van der Waals surface area (Å²) < 4.78 is 1.78. The van der Waals surface area contributed by atoms with Gasteiger partial charge in [0.15, 0.2) is 0 Å².